The minimum atomic E-state index is -0.845. The zero-order valence-corrected chi connectivity index (χ0v) is 16.2. The lowest BCUT2D eigenvalue weighted by Crippen LogP contribution is -2.38. The lowest BCUT2D eigenvalue weighted by atomic mass is 10.0. The molecule has 152 valence electrons. The Bertz CT molecular complexity index is 1180. The number of aromatic nitrogens is 1. The minimum Gasteiger partial charge on any atom is -0.345 e. The van der Waals surface area contributed by atoms with Crippen LogP contribution in [-0.4, -0.2) is 34.3 Å². The molecule has 2 heterocycles. The van der Waals surface area contributed by atoms with Gasteiger partial charge in [0.15, 0.2) is 0 Å². The Hall–Kier alpha value is -3.81. The van der Waals surface area contributed by atoms with Crippen LogP contribution in [0.1, 0.15) is 40.0 Å². The van der Waals surface area contributed by atoms with Crippen LogP contribution >= 0.6 is 0 Å². The molecule has 3 aromatic rings. The van der Waals surface area contributed by atoms with Gasteiger partial charge in [-0.2, -0.15) is 5.10 Å². The number of rotatable bonds is 5. The summed E-state index contributed by atoms with van der Waals surface area (Å²) in [5.74, 6) is -2.25. The average molecular weight is 406 g/mol. The number of fused-ring (bicyclic) bond motifs is 1. The van der Waals surface area contributed by atoms with Gasteiger partial charge in [-0.15, -0.1) is 0 Å². The van der Waals surface area contributed by atoms with E-state index in [1.54, 1.807) is 23.6 Å². The Kier molecular flexibility index (Phi) is 5.14. The second-order valence-corrected chi connectivity index (χ2v) is 7.13. The number of hydrazone groups is 1. The van der Waals surface area contributed by atoms with E-state index in [1.165, 1.54) is 30.5 Å². The van der Waals surface area contributed by atoms with Gasteiger partial charge in [0, 0.05) is 23.4 Å². The highest BCUT2D eigenvalue weighted by Crippen LogP contribution is 2.24. The number of carbonyl (C=O) groups excluding carboxylic acids is 3. The van der Waals surface area contributed by atoms with Gasteiger partial charge in [0.25, 0.3) is 0 Å². The number of hydrogen-bond acceptors (Lipinski definition) is 4. The maximum absolute atomic E-state index is 13.2. The summed E-state index contributed by atoms with van der Waals surface area (Å²) in [7, 11) is 0. The summed E-state index contributed by atoms with van der Waals surface area (Å²) in [6, 6.07) is 10.9. The second-order valence-electron chi connectivity index (χ2n) is 7.13. The number of halogens is 1. The van der Waals surface area contributed by atoms with Gasteiger partial charge in [-0.05, 0) is 61.7 Å². The van der Waals surface area contributed by atoms with Crippen molar-refractivity contribution in [3.8, 4) is 0 Å². The fourth-order valence-electron chi connectivity index (χ4n) is 3.22. The van der Waals surface area contributed by atoms with Gasteiger partial charge in [-0.25, -0.2) is 9.82 Å². The van der Waals surface area contributed by atoms with E-state index in [1.807, 2.05) is 12.1 Å². The van der Waals surface area contributed by atoms with E-state index in [-0.39, 0.29) is 11.8 Å². The third kappa shape index (κ3) is 3.84. The predicted molar refractivity (Wildman–Crippen MR) is 109 cm³/mol. The van der Waals surface area contributed by atoms with E-state index in [9.17, 15) is 18.8 Å². The van der Waals surface area contributed by atoms with E-state index < -0.39 is 17.6 Å². The summed E-state index contributed by atoms with van der Waals surface area (Å²) in [6.45, 7) is 1.77. The number of benzene rings is 1. The van der Waals surface area contributed by atoms with Gasteiger partial charge >= 0.3 is 11.8 Å². The molecule has 0 atom stereocenters. The predicted octanol–water partition coefficient (Wildman–Crippen LogP) is 2.35. The molecule has 0 aliphatic heterocycles. The van der Waals surface area contributed by atoms with Gasteiger partial charge in [-0.3, -0.25) is 14.4 Å². The van der Waals surface area contributed by atoms with Crippen LogP contribution in [0.25, 0.3) is 5.52 Å². The molecule has 0 saturated heterocycles. The fraction of sp³-hybridized carbons (Fsp3) is 0.182. The topological polar surface area (TPSA) is 92.0 Å². The third-order valence-corrected chi connectivity index (χ3v) is 4.94. The van der Waals surface area contributed by atoms with Crippen LogP contribution in [0.3, 0.4) is 0 Å². The largest absolute Gasteiger partial charge is 0.345 e. The number of amides is 2. The molecule has 1 aromatic carbocycles. The molecule has 1 aliphatic carbocycles. The van der Waals surface area contributed by atoms with Crippen molar-refractivity contribution in [2.75, 3.05) is 0 Å². The molecule has 2 aromatic heterocycles. The van der Waals surface area contributed by atoms with Gasteiger partial charge in [-0.1, -0.05) is 6.07 Å². The van der Waals surface area contributed by atoms with Crippen molar-refractivity contribution in [1.82, 2.24) is 15.1 Å². The van der Waals surface area contributed by atoms with Crippen molar-refractivity contribution in [2.24, 2.45) is 5.10 Å². The van der Waals surface area contributed by atoms with Crippen molar-refractivity contribution in [3.05, 3.63) is 76.9 Å². The maximum Gasteiger partial charge on any atom is 0.329 e. The van der Waals surface area contributed by atoms with E-state index >= 15 is 0 Å². The quantitative estimate of drug-likeness (QED) is 0.295. The Morgan fingerprint density at radius 1 is 1.10 bits per heavy atom. The maximum atomic E-state index is 13.2. The Balaban J connectivity index is 1.63. The van der Waals surface area contributed by atoms with E-state index in [2.05, 4.69) is 15.8 Å². The summed E-state index contributed by atoms with van der Waals surface area (Å²) >= 11 is 0. The zero-order valence-electron chi connectivity index (χ0n) is 16.2. The molecule has 1 aliphatic rings. The SMILES string of the molecule is Cc1c(/C=N\NC(=O)C(=O)NC2CC2)c2ccccn2c1C(=O)c1ccc(F)cc1. The molecule has 1 fully saturated rings. The Labute approximate surface area is 171 Å². The average Bonchev–Trinajstić information content (AvgIpc) is 3.51. The van der Waals surface area contributed by atoms with Gasteiger partial charge < -0.3 is 9.72 Å². The van der Waals surface area contributed by atoms with Crippen LogP contribution in [-0.2, 0) is 9.59 Å². The van der Waals surface area contributed by atoms with Crippen molar-refractivity contribution >= 4 is 29.3 Å². The first-order valence-electron chi connectivity index (χ1n) is 9.49. The molecule has 8 heteroatoms. The smallest absolute Gasteiger partial charge is 0.329 e. The summed E-state index contributed by atoms with van der Waals surface area (Å²) in [5.41, 5.74) is 4.97. The molecule has 30 heavy (non-hydrogen) atoms. The zero-order chi connectivity index (χ0) is 21.3. The van der Waals surface area contributed by atoms with Gasteiger partial charge in [0.1, 0.15) is 5.82 Å². The van der Waals surface area contributed by atoms with Crippen LogP contribution in [0, 0.1) is 12.7 Å². The molecule has 4 rings (SSSR count). The standard InChI is InChI=1S/C22H19FN4O3/c1-13-17(12-24-26-22(30)21(29)25-16-9-10-16)18-4-2-3-11-27(18)19(13)20(28)14-5-7-15(23)8-6-14/h2-8,11-12,16H,9-10H2,1H3,(H,25,29)(H,26,30)/b24-12-. The summed E-state index contributed by atoms with van der Waals surface area (Å²) in [6.07, 6.45) is 4.92. The molecule has 0 unspecified atom stereocenters. The normalized spacial score (nSPS) is 13.5. The fourth-order valence-corrected chi connectivity index (χ4v) is 3.22. The minimum absolute atomic E-state index is 0.0740. The summed E-state index contributed by atoms with van der Waals surface area (Å²) < 4.78 is 15.0. The molecule has 2 amide bonds. The molecule has 7 nitrogen and oxygen atoms in total. The lowest BCUT2D eigenvalue weighted by Gasteiger charge is -2.04. The van der Waals surface area contributed by atoms with Crippen LogP contribution in [0.4, 0.5) is 4.39 Å². The number of pyridine rings is 1. The van der Waals surface area contributed by atoms with Crippen LogP contribution < -0.4 is 10.7 Å². The van der Waals surface area contributed by atoms with E-state index in [4.69, 9.17) is 0 Å². The molecule has 1 saturated carbocycles. The molecular formula is C22H19FN4O3. The van der Waals surface area contributed by atoms with Crippen LogP contribution in [0.2, 0.25) is 0 Å². The van der Waals surface area contributed by atoms with E-state index in [0.29, 0.717) is 27.9 Å². The van der Waals surface area contributed by atoms with Gasteiger partial charge in [0.05, 0.1) is 17.4 Å². The number of ketones is 1. The second kappa shape index (κ2) is 7.90. The highest BCUT2D eigenvalue weighted by Gasteiger charge is 2.26. The molecule has 0 spiro atoms. The van der Waals surface area contributed by atoms with Crippen LogP contribution in [0.15, 0.2) is 53.8 Å². The van der Waals surface area contributed by atoms with E-state index in [0.717, 1.165) is 12.8 Å². The third-order valence-electron chi connectivity index (χ3n) is 4.94. The first kappa shape index (κ1) is 19.5. The van der Waals surface area contributed by atoms with Crippen LogP contribution in [0.5, 0.6) is 0 Å². The Morgan fingerprint density at radius 2 is 1.83 bits per heavy atom. The first-order chi connectivity index (χ1) is 14.5. The molecule has 0 radical (unpaired) electrons. The van der Waals surface area contributed by atoms with Crippen molar-refractivity contribution in [1.29, 1.82) is 0 Å². The van der Waals surface area contributed by atoms with Crippen molar-refractivity contribution in [2.45, 2.75) is 25.8 Å². The number of carbonyl (C=O) groups is 3. The summed E-state index contributed by atoms with van der Waals surface area (Å²) in [4.78, 5) is 36.6. The molecular weight excluding hydrogens is 387 g/mol. The highest BCUT2D eigenvalue weighted by molar-refractivity contribution is 6.35. The number of hydrogen-bond donors (Lipinski definition) is 2. The Morgan fingerprint density at radius 3 is 2.53 bits per heavy atom. The molecule has 0 bridgehead atoms. The summed E-state index contributed by atoms with van der Waals surface area (Å²) in [5, 5.41) is 6.48. The van der Waals surface area contributed by atoms with Crippen molar-refractivity contribution in [3.63, 3.8) is 0 Å². The lowest BCUT2D eigenvalue weighted by molar-refractivity contribution is -0.139. The number of nitrogens with zero attached hydrogens (tertiary/aromatic N) is 2. The monoisotopic (exact) mass is 406 g/mol. The molecule has 2 N–H and O–H groups in total. The van der Waals surface area contributed by atoms with Gasteiger partial charge in [0.2, 0.25) is 5.78 Å². The highest BCUT2D eigenvalue weighted by atomic mass is 19.1. The number of nitrogens with one attached hydrogen (secondary N) is 2. The first-order valence-corrected chi connectivity index (χ1v) is 9.49. The van der Waals surface area contributed by atoms with Crippen molar-refractivity contribution < 1.29 is 18.8 Å².